The number of phenols is 1. The number of methoxy groups -OCH3 is 2. The summed E-state index contributed by atoms with van der Waals surface area (Å²) in [5.74, 6) is 0.602. The predicted molar refractivity (Wildman–Crippen MR) is 67.2 cm³/mol. The van der Waals surface area contributed by atoms with Gasteiger partial charge in [0, 0.05) is 13.2 Å². The topological polar surface area (TPSA) is 57.2 Å². The maximum Gasteiger partial charge on any atom is 0.201 e. The molecule has 5 nitrogen and oxygen atoms in total. The Hall–Kier alpha value is -1.46. The first kappa shape index (κ1) is 14.6. The lowest BCUT2D eigenvalue weighted by atomic mass is 10.1. The molecule has 0 saturated carbocycles. The number of ether oxygens (including phenoxy) is 4. The van der Waals surface area contributed by atoms with Gasteiger partial charge in [-0.1, -0.05) is 0 Å². The molecule has 5 heteroatoms. The minimum absolute atomic E-state index is 0.0538. The third kappa shape index (κ3) is 3.05. The van der Waals surface area contributed by atoms with Crippen molar-refractivity contribution in [3.8, 4) is 17.2 Å². The molecule has 0 aliphatic carbocycles. The molecule has 0 bridgehead atoms. The van der Waals surface area contributed by atoms with Crippen molar-refractivity contribution in [1.29, 1.82) is 0 Å². The molecule has 1 aromatic rings. The zero-order valence-electron chi connectivity index (χ0n) is 11.2. The Kier molecular flexibility index (Phi) is 5.74. The zero-order chi connectivity index (χ0) is 13.5. The number of hydrogen-bond acceptors (Lipinski definition) is 5. The molecular weight excluding hydrogens is 236 g/mol. The van der Waals surface area contributed by atoms with Crippen LogP contribution in [0, 0.1) is 0 Å². The Morgan fingerprint density at radius 3 is 2.11 bits per heavy atom. The molecule has 0 saturated heterocycles. The molecule has 1 N–H and O–H groups in total. The van der Waals surface area contributed by atoms with Crippen LogP contribution in [0.3, 0.4) is 0 Å². The van der Waals surface area contributed by atoms with Crippen LogP contribution < -0.4 is 9.47 Å². The van der Waals surface area contributed by atoms with Gasteiger partial charge in [-0.3, -0.25) is 0 Å². The van der Waals surface area contributed by atoms with Crippen molar-refractivity contribution in [3.05, 3.63) is 17.7 Å². The third-order valence-corrected chi connectivity index (χ3v) is 2.44. The fourth-order valence-electron chi connectivity index (χ4n) is 1.66. The van der Waals surface area contributed by atoms with E-state index < -0.39 is 6.29 Å². The normalized spacial score (nSPS) is 10.7. The smallest absolute Gasteiger partial charge is 0.201 e. The lowest BCUT2D eigenvalue weighted by molar-refractivity contribution is -0.141. The van der Waals surface area contributed by atoms with E-state index in [1.165, 1.54) is 14.2 Å². The number of aromatic hydroxyl groups is 1. The number of benzene rings is 1. The van der Waals surface area contributed by atoms with E-state index in [-0.39, 0.29) is 5.75 Å². The van der Waals surface area contributed by atoms with Crippen LogP contribution in [-0.2, 0) is 9.47 Å². The standard InChI is InChI=1S/C13H20O5/c1-5-17-13(18-6-2)9-7-8-10(15-3)11(14)12(9)16-4/h7-8,13-14H,5-6H2,1-4H3. The first-order chi connectivity index (χ1) is 8.69. The first-order valence-electron chi connectivity index (χ1n) is 5.86. The van der Waals surface area contributed by atoms with Gasteiger partial charge in [0.1, 0.15) is 0 Å². The van der Waals surface area contributed by atoms with E-state index in [2.05, 4.69) is 0 Å². The van der Waals surface area contributed by atoms with Gasteiger partial charge in [-0.2, -0.15) is 0 Å². The molecule has 0 atom stereocenters. The minimum Gasteiger partial charge on any atom is -0.502 e. The summed E-state index contributed by atoms with van der Waals surface area (Å²) in [6.07, 6.45) is -0.563. The van der Waals surface area contributed by atoms with Crippen molar-refractivity contribution < 1.29 is 24.1 Å². The van der Waals surface area contributed by atoms with Crippen molar-refractivity contribution in [1.82, 2.24) is 0 Å². The molecule has 0 fully saturated rings. The van der Waals surface area contributed by atoms with E-state index >= 15 is 0 Å². The summed E-state index contributed by atoms with van der Waals surface area (Å²) in [7, 11) is 2.96. The molecule has 0 amide bonds. The molecule has 0 radical (unpaired) electrons. The number of rotatable bonds is 7. The van der Waals surface area contributed by atoms with Crippen LogP contribution in [0.15, 0.2) is 12.1 Å². The molecule has 0 aliphatic heterocycles. The van der Waals surface area contributed by atoms with Crippen LogP contribution in [0.25, 0.3) is 0 Å². The van der Waals surface area contributed by atoms with Gasteiger partial charge >= 0.3 is 0 Å². The Balaban J connectivity index is 3.16. The highest BCUT2D eigenvalue weighted by atomic mass is 16.7. The summed E-state index contributed by atoms with van der Waals surface area (Å²) in [5.41, 5.74) is 0.638. The monoisotopic (exact) mass is 256 g/mol. The molecule has 0 spiro atoms. The largest absolute Gasteiger partial charge is 0.502 e. The summed E-state index contributed by atoms with van der Waals surface area (Å²) in [4.78, 5) is 0. The van der Waals surface area contributed by atoms with Gasteiger partial charge in [0.15, 0.2) is 17.8 Å². The van der Waals surface area contributed by atoms with Crippen molar-refractivity contribution in [2.24, 2.45) is 0 Å². The van der Waals surface area contributed by atoms with Gasteiger partial charge in [-0.05, 0) is 26.0 Å². The molecule has 102 valence electrons. The Labute approximate surface area is 107 Å². The van der Waals surface area contributed by atoms with E-state index in [4.69, 9.17) is 18.9 Å². The highest BCUT2D eigenvalue weighted by molar-refractivity contribution is 5.55. The summed E-state index contributed by atoms with van der Waals surface area (Å²) in [5, 5.41) is 9.99. The third-order valence-electron chi connectivity index (χ3n) is 2.44. The van der Waals surface area contributed by atoms with Gasteiger partial charge in [0.2, 0.25) is 5.75 Å². The molecule has 0 aromatic heterocycles. The van der Waals surface area contributed by atoms with Gasteiger partial charge in [0.05, 0.1) is 19.8 Å². The van der Waals surface area contributed by atoms with Gasteiger partial charge in [-0.25, -0.2) is 0 Å². The highest BCUT2D eigenvalue weighted by Crippen LogP contribution is 2.42. The van der Waals surface area contributed by atoms with E-state index in [0.29, 0.717) is 30.3 Å². The molecule has 0 heterocycles. The second-order valence-electron chi connectivity index (χ2n) is 3.48. The maximum atomic E-state index is 9.99. The lowest BCUT2D eigenvalue weighted by Crippen LogP contribution is -2.10. The summed E-state index contributed by atoms with van der Waals surface area (Å²) in [6, 6.07) is 3.41. The van der Waals surface area contributed by atoms with Crippen LogP contribution in [0.4, 0.5) is 0 Å². The van der Waals surface area contributed by atoms with E-state index in [1.807, 2.05) is 13.8 Å². The first-order valence-corrected chi connectivity index (χ1v) is 5.86. The zero-order valence-corrected chi connectivity index (χ0v) is 11.2. The fourth-order valence-corrected chi connectivity index (χ4v) is 1.66. The predicted octanol–water partition coefficient (Wildman–Crippen LogP) is 2.48. The highest BCUT2D eigenvalue weighted by Gasteiger charge is 2.21. The second-order valence-corrected chi connectivity index (χ2v) is 3.48. The van der Waals surface area contributed by atoms with E-state index in [0.717, 1.165) is 0 Å². The minimum atomic E-state index is -0.563. The SMILES string of the molecule is CCOC(OCC)c1ccc(OC)c(O)c1OC. The van der Waals surface area contributed by atoms with Crippen molar-refractivity contribution >= 4 is 0 Å². The van der Waals surface area contributed by atoms with E-state index in [1.54, 1.807) is 12.1 Å². The van der Waals surface area contributed by atoms with Crippen LogP contribution in [0.2, 0.25) is 0 Å². The van der Waals surface area contributed by atoms with Crippen LogP contribution in [0.1, 0.15) is 25.7 Å². The summed E-state index contributed by atoms with van der Waals surface area (Å²) >= 11 is 0. The molecule has 18 heavy (non-hydrogen) atoms. The van der Waals surface area contributed by atoms with Gasteiger partial charge in [-0.15, -0.1) is 0 Å². The lowest BCUT2D eigenvalue weighted by Gasteiger charge is -2.20. The average Bonchev–Trinajstić information content (AvgIpc) is 2.38. The molecular formula is C13H20O5. The maximum absolute atomic E-state index is 9.99. The number of phenolic OH excluding ortho intramolecular Hbond substituents is 1. The Morgan fingerprint density at radius 1 is 1.06 bits per heavy atom. The van der Waals surface area contributed by atoms with Gasteiger partial charge in [0.25, 0.3) is 0 Å². The van der Waals surface area contributed by atoms with Gasteiger partial charge < -0.3 is 24.1 Å². The van der Waals surface area contributed by atoms with E-state index in [9.17, 15) is 5.11 Å². The van der Waals surface area contributed by atoms with Crippen molar-refractivity contribution in [2.75, 3.05) is 27.4 Å². The molecule has 0 unspecified atom stereocenters. The fraction of sp³-hybridized carbons (Fsp3) is 0.538. The van der Waals surface area contributed by atoms with Crippen LogP contribution >= 0.6 is 0 Å². The summed E-state index contributed by atoms with van der Waals surface area (Å²) in [6.45, 7) is 4.75. The molecule has 0 aliphatic rings. The number of hydrogen-bond donors (Lipinski definition) is 1. The molecule has 1 aromatic carbocycles. The molecule has 1 rings (SSSR count). The van der Waals surface area contributed by atoms with Crippen molar-refractivity contribution in [3.63, 3.8) is 0 Å². The van der Waals surface area contributed by atoms with Crippen LogP contribution in [-0.4, -0.2) is 32.5 Å². The van der Waals surface area contributed by atoms with Crippen LogP contribution in [0.5, 0.6) is 17.2 Å². The Bertz CT molecular complexity index is 372. The van der Waals surface area contributed by atoms with Crippen molar-refractivity contribution in [2.45, 2.75) is 20.1 Å². The second kappa shape index (κ2) is 7.08. The quantitative estimate of drug-likeness (QED) is 0.759. The summed E-state index contributed by atoms with van der Waals surface area (Å²) < 4.78 is 21.2. The Morgan fingerprint density at radius 2 is 1.67 bits per heavy atom. The average molecular weight is 256 g/mol.